The molecule has 0 aromatic carbocycles. The van der Waals surface area contributed by atoms with Crippen molar-refractivity contribution in [3.05, 3.63) is 35.5 Å². The maximum Gasteiger partial charge on any atom is 0.185 e. The molecule has 19 heavy (non-hydrogen) atoms. The van der Waals surface area contributed by atoms with Gasteiger partial charge in [-0.2, -0.15) is 0 Å². The fourth-order valence-corrected chi connectivity index (χ4v) is 2.93. The van der Waals surface area contributed by atoms with Crippen LogP contribution in [0, 0.1) is 0 Å². The standard InChI is InChI=1S/C13H16N4OS/c18-10-11-2-1-3-12(15-11)16-5-7-17(8-6-16)13-14-4-9-19-13/h1-4,9,18H,5-8,10H2. The van der Waals surface area contributed by atoms with Crippen molar-refractivity contribution in [1.82, 2.24) is 9.97 Å². The van der Waals surface area contributed by atoms with Gasteiger partial charge < -0.3 is 14.9 Å². The third-order valence-corrected chi connectivity index (χ3v) is 4.08. The average Bonchev–Trinajstić information content (AvgIpc) is 3.02. The molecule has 0 spiro atoms. The second-order valence-corrected chi connectivity index (χ2v) is 5.31. The molecule has 2 aromatic heterocycles. The molecule has 0 saturated carbocycles. The fourth-order valence-electron chi connectivity index (χ4n) is 2.23. The zero-order valence-electron chi connectivity index (χ0n) is 10.6. The highest BCUT2D eigenvalue weighted by atomic mass is 32.1. The number of piperazine rings is 1. The van der Waals surface area contributed by atoms with Crippen LogP contribution in [0.5, 0.6) is 0 Å². The normalized spacial score (nSPS) is 15.8. The second kappa shape index (κ2) is 5.54. The number of hydrogen-bond acceptors (Lipinski definition) is 6. The quantitative estimate of drug-likeness (QED) is 0.917. The molecular weight excluding hydrogens is 260 g/mol. The summed E-state index contributed by atoms with van der Waals surface area (Å²) >= 11 is 1.68. The first kappa shape index (κ1) is 12.4. The number of hydrogen-bond donors (Lipinski definition) is 1. The molecule has 0 aliphatic carbocycles. The lowest BCUT2D eigenvalue weighted by atomic mass is 10.3. The molecule has 3 rings (SSSR count). The van der Waals surface area contributed by atoms with Gasteiger partial charge in [0.1, 0.15) is 5.82 Å². The summed E-state index contributed by atoms with van der Waals surface area (Å²) in [6.45, 7) is 3.77. The minimum atomic E-state index is -0.00702. The van der Waals surface area contributed by atoms with E-state index in [4.69, 9.17) is 5.11 Å². The first-order chi connectivity index (χ1) is 9.36. The highest BCUT2D eigenvalue weighted by Crippen LogP contribution is 2.21. The number of aliphatic hydroxyl groups excluding tert-OH is 1. The number of rotatable bonds is 3. The molecule has 0 bridgehead atoms. The molecule has 0 unspecified atom stereocenters. The lowest BCUT2D eigenvalue weighted by Crippen LogP contribution is -2.46. The van der Waals surface area contributed by atoms with Crippen molar-refractivity contribution < 1.29 is 5.11 Å². The number of nitrogens with zero attached hydrogens (tertiary/aromatic N) is 4. The van der Waals surface area contributed by atoms with Gasteiger partial charge in [-0.25, -0.2) is 9.97 Å². The molecule has 1 saturated heterocycles. The van der Waals surface area contributed by atoms with Gasteiger partial charge in [-0.15, -0.1) is 11.3 Å². The van der Waals surface area contributed by atoms with Gasteiger partial charge in [0.05, 0.1) is 12.3 Å². The van der Waals surface area contributed by atoms with Crippen LogP contribution in [0.25, 0.3) is 0 Å². The summed E-state index contributed by atoms with van der Waals surface area (Å²) in [4.78, 5) is 13.3. The Hall–Kier alpha value is -1.66. The first-order valence-electron chi connectivity index (χ1n) is 6.33. The van der Waals surface area contributed by atoms with Gasteiger partial charge in [-0.3, -0.25) is 0 Å². The highest BCUT2D eigenvalue weighted by molar-refractivity contribution is 7.13. The second-order valence-electron chi connectivity index (χ2n) is 4.43. The Morgan fingerprint density at radius 1 is 1.16 bits per heavy atom. The predicted molar refractivity (Wildman–Crippen MR) is 76.7 cm³/mol. The lowest BCUT2D eigenvalue weighted by molar-refractivity contribution is 0.277. The molecule has 100 valence electrons. The van der Waals surface area contributed by atoms with Gasteiger partial charge in [-0.05, 0) is 12.1 Å². The molecule has 3 heterocycles. The van der Waals surface area contributed by atoms with E-state index in [0.29, 0.717) is 0 Å². The fraction of sp³-hybridized carbons (Fsp3) is 0.385. The molecule has 0 amide bonds. The van der Waals surface area contributed by atoms with E-state index in [0.717, 1.165) is 42.8 Å². The van der Waals surface area contributed by atoms with Crippen LogP contribution in [0.1, 0.15) is 5.69 Å². The molecule has 0 radical (unpaired) electrons. The average molecular weight is 276 g/mol. The van der Waals surface area contributed by atoms with Crippen molar-refractivity contribution in [3.63, 3.8) is 0 Å². The van der Waals surface area contributed by atoms with Crippen LogP contribution >= 0.6 is 11.3 Å². The van der Waals surface area contributed by atoms with E-state index >= 15 is 0 Å². The minimum Gasteiger partial charge on any atom is -0.390 e. The molecule has 6 heteroatoms. The number of aliphatic hydroxyl groups is 1. The summed E-state index contributed by atoms with van der Waals surface area (Å²) in [5.74, 6) is 0.949. The lowest BCUT2D eigenvalue weighted by Gasteiger charge is -2.35. The van der Waals surface area contributed by atoms with Gasteiger partial charge in [0.2, 0.25) is 0 Å². The molecule has 2 aromatic rings. The zero-order valence-corrected chi connectivity index (χ0v) is 11.4. The van der Waals surface area contributed by atoms with Gasteiger partial charge >= 0.3 is 0 Å². The highest BCUT2D eigenvalue weighted by Gasteiger charge is 2.19. The molecule has 1 aliphatic rings. The molecule has 1 aliphatic heterocycles. The van der Waals surface area contributed by atoms with Crippen molar-refractivity contribution >= 4 is 22.3 Å². The van der Waals surface area contributed by atoms with Gasteiger partial charge in [0.25, 0.3) is 0 Å². The van der Waals surface area contributed by atoms with Crippen molar-refractivity contribution in [1.29, 1.82) is 0 Å². The zero-order chi connectivity index (χ0) is 13.1. The van der Waals surface area contributed by atoms with E-state index in [1.54, 1.807) is 11.3 Å². The van der Waals surface area contributed by atoms with Crippen molar-refractivity contribution in [2.75, 3.05) is 36.0 Å². The SMILES string of the molecule is OCc1cccc(N2CCN(c3nccs3)CC2)n1. The maximum absolute atomic E-state index is 9.13. The molecule has 1 fully saturated rings. The van der Waals surface area contributed by atoms with Crippen LogP contribution in [-0.4, -0.2) is 41.3 Å². The van der Waals surface area contributed by atoms with Crippen LogP contribution in [0.3, 0.4) is 0 Å². The van der Waals surface area contributed by atoms with Crippen LogP contribution in [0.4, 0.5) is 10.9 Å². The number of pyridine rings is 1. The Labute approximate surface area is 116 Å². The predicted octanol–water partition coefficient (Wildman–Crippen LogP) is 1.36. The topological polar surface area (TPSA) is 52.5 Å². The summed E-state index contributed by atoms with van der Waals surface area (Å²) in [7, 11) is 0. The van der Waals surface area contributed by atoms with Crippen LogP contribution in [0.2, 0.25) is 0 Å². The third kappa shape index (κ3) is 2.69. The number of aromatic nitrogens is 2. The third-order valence-electron chi connectivity index (χ3n) is 3.25. The summed E-state index contributed by atoms with van der Waals surface area (Å²) < 4.78 is 0. The van der Waals surface area contributed by atoms with Crippen LogP contribution < -0.4 is 9.80 Å². The molecule has 0 atom stereocenters. The molecule has 5 nitrogen and oxygen atoms in total. The smallest absolute Gasteiger partial charge is 0.185 e. The summed E-state index contributed by atoms with van der Waals surface area (Å²) in [5.41, 5.74) is 0.722. The van der Waals surface area contributed by atoms with E-state index in [1.165, 1.54) is 0 Å². The van der Waals surface area contributed by atoms with Crippen molar-refractivity contribution in [3.8, 4) is 0 Å². The van der Waals surface area contributed by atoms with E-state index in [9.17, 15) is 0 Å². The molecular formula is C13H16N4OS. The van der Waals surface area contributed by atoms with Gasteiger partial charge in [-0.1, -0.05) is 6.07 Å². The monoisotopic (exact) mass is 276 g/mol. The minimum absolute atomic E-state index is 0.00702. The van der Waals surface area contributed by atoms with Crippen molar-refractivity contribution in [2.45, 2.75) is 6.61 Å². The Balaban J connectivity index is 1.66. The number of anilines is 2. The van der Waals surface area contributed by atoms with Crippen LogP contribution in [0.15, 0.2) is 29.8 Å². The van der Waals surface area contributed by atoms with E-state index < -0.39 is 0 Å². The Morgan fingerprint density at radius 3 is 2.63 bits per heavy atom. The Morgan fingerprint density at radius 2 is 1.95 bits per heavy atom. The Kier molecular flexibility index (Phi) is 3.61. The first-order valence-corrected chi connectivity index (χ1v) is 7.21. The number of thiazole rings is 1. The maximum atomic E-state index is 9.13. The van der Waals surface area contributed by atoms with E-state index in [2.05, 4.69) is 19.8 Å². The summed E-state index contributed by atoms with van der Waals surface area (Å²) in [6, 6.07) is 5.79. The summed E-state index contributed by atoms with van der Waals surface area (Å²) in [6.07, 6.45) is 1.85. The summed E-state index contributed by atoms with van der Waals surface area (Å²) in [5, 5.41) is 12.2. The Bertz CT molecular complexity index is 523. The van der Waals surface area contributed by atoms with Crippen molar-refractivity contribution in [2.24, 2.45) is 0 Å². The van der Waals surface area contributed by atoms with Crippen LogP contribution in [-0.2, 0) is 6.61 Å². The molecule has 1 N–H and O–H groups in total. The van der Waals surface area contributed by atoms with E-state index in [-0.39, 0.29) is 6.61 Å². The van der Waals surface area contributed by atoms with E-state index in [1.807, 2.05) is 29.8 Å². The largest absolute Gasteiger partial charge is 0.390 e. The van der Waals surface area contributed by atoms with Gasteiger partial charge in [0.15, 0.2) is 5.13 Å². The van der Waals surface area contributed by atoms with Gasteiger partial charge in [0, 0.05) is 37.8 Å².